The second-order valence-electron chi connectivity index (χ2n) is 8.28. The van der Waals surface area contributed by atoms with Gasteiger partial charge in [0.25, 0.3) is 5.56 Å². The Morgan fingerprint density at radius 3 is 2.36 bits per heavy atom. The van der Waals surface area contributed by atoms with E-state index in [0.29, 0.717) is 16.6 Å². The van der Waals surface area contributed by atoms with Crippen LogP contribution in [0.1, 0.15) is 42.7 Å². The maximum atomic E-state index is 12.9. The van der Waals surface area contributed by atoms with Crippen LogP contribution in [0.25, 0.3) is 0 Å². The van der Waals surface area contributed by atoms with Gasteiger partial charge in [0.1, 0.15) is 0 Å². The van der Waals surface area contributed by atoms with Crippen molar-refractivity contribution in [2.24, 2.45) is 0 Å². The molecule has 2 aromatic rings. The summed E-state index contributed by atoms with van der Waals surface area (Å²) in [5, 5.41) is 0.0493. The molecule has 0 bridgehead atoms. The van der Waals surface area contributed by atoms with Gasteiger partial charge in [-0.2, -0.15) is 0 Å². The standard InChI is InChI=1S/C21H28BrNO4Si/c1-21(2,3)28(5,6)27-14-18(15-10-8-7-9-11-15)23-13-16(20(25)26-4)12-17(22)19(23)24/h7-13,18H,14H2,1-6H3/t18-/m0/s1. The van der Waals surface area contributed by atoms with Gasteiger partial charge in [0.15, 0.2) is 8.32 Å². The van der Waals surface area contributed by atoms with Crippen molar-refractivity contribution in [1.29, 1.82) is 0 Å². The first-order valence-corrected chi connectivity index (χ1v) is 12.9. The van der Waals surface area contributed by atoms with Crippen molar-refractivity contribution in [3.05, 3.63) is 68.5 Å². The molecule has 0 aliphatic rings. The van der Waals surface area contributed by atoms with Crippen LogP contribution in [0.2, 0.25) is 18.1 Å². The summed E-state index contributed by atoms with van der Waals surface area (Å²) in [6, 6.07) is 10.8. The van der Waals surface area contributed by atoms with Crippen molar-refractivity contribution < 1.29 is 14.0 Å². The number of esters is 1. The van der Waals surface area contributed by atoms with Crippen LogP contribution in [0, 0.1) is 0 Å². The van der Waals surface area contributed by atoms with Crippen molar-refractivity contribution >= 4 is 30.2 Å². The van der Waals surface area contributed by atoms with E-state index in [1.807, 2.05) is 30.3 Å². The Balaban J connectivity index is 2.54. The Morgan fingerprint density at radius 1 is 1.21 bits per heavy atom. The Kier molecular flexibility index (Phi) is 7.06. The third-order valence-corrected chi connectivity index (χ3v) is 10.4. The second-order valence-corrected chi connectivity index (χ2v) is 13.9. The molecule has 2 rings (SSSR count). The van der Waals surface area contributed by atoms with Crippen LogP contribution >= 0.6 is 15.9 Å². The number of nitrogens with zero attached hydrogens (tertiary/aromatic N) is 1. The molecule has 5 nitrogen and oxygen atoms in total. The molecule has 1 aromatic carbocycles. The highest BCUT2D eigenvalue weighted by molar-refractivity contribution is 9.10. The van der Waals surface area contributed by atoms with Gasteiger partial charge in [0.05, 0.1) is 29.8 Å². The molecule has 1 heterocycles. The van der Waals surface area contributed by atoms with Gasteiger partial charge in [-0.3, -0.25) is 4.79 Å². The summed E-state index contributed by atoms with van der Waals surface area (Å²) in [5.74, 6) is -0.494. The third-order valence-electron chi connectivity index (χ3n) is 5.35. The molecule has 0 fully saturated rings. The zero-order chi connectivity index (χ0) is 21.1. The Labute approximate surface area is 175 Å². The smallest absolute Gasteiger partial charge is 0.339 e. The molecular formula is C21H28BrNO4Si. The van der Waals surface area contributed by atoms with Crippen LogP contribution in [-0.4, -0.2) is 32.6 Å². The van der Waals surface area contributed by atoms with E-state index in [1.54, 1.807) is 10.8 Å². The van der Waals surface area contributed by atoms with Crippen molar-refractivity contribution in [3.8, 4) is 0 Å². The van der Waals surface area contributed by atoms with E-state index in [2.05, 4.69) is 49.8 Å². The van der Waals surface area contributed by atoms with Crippen LogP contribution in [-0.2, 0) is 9.16 Å². The first-order chi connectivity index (χ1) is 13.0. The highest BCUT2D eigenvalue weighted by Crippen LogP contribution is 2.37. The summed E-state index contributed by atoms with van der Waals surface area (Å²) in [6.45, 7) is 11.2. The lowest BCUT2D eigenvalue weighted by Gasteiger charge is -2.37. The molecule has 0 aliphatic heterocycles. The van der Waals surface area contributed by atoms with Crippen molar-refractivity contribution in [1.82, 2.24) is 4.57 Å². The Bertz CT molecular complexity index is 888. The molecule has 28 heavy (non-hydrogen) atoms. The molecule has 152 valence electrons. The first kappa shape index (κ1) is 22.6. The Morgan fingerprint density at radius 2 is 1.82 bits per heavy atom. The molecule has 0 saturated heterocycles. The lowest BCUT2D eigenvalue weighted by molar-refractivity contribution is 0.0599. The van der Waals surface area contributed by atoms with Gasteiger partial charge in [-0.1, -0.05) is 51.1 Å². The van der Waals surface area contributed by atoms with E-state index < -0.39 is 14.3 Å². The fourth-order valence-electron chi connectivity index (χ4n) is 2.54. The van der Waals surface area contributed by atoms with E-state index in [-0.39, 0.29) is 16.6 Å². The number of hydrogen-bond donors (Lipinski definition) is 0. The lowest BCUT2D eigenvalue weighted by atomic mass is 10.1. The summed E-state index contributed by atoms with van der Waals surface area (Å²) < 4.78 is 13.1. The summed E-state index contributed by atoms with van der Waals surface area (Å²) in [7, 11) is -0.705. The number of carbonyl (C=O) groups is 1. The Hall–Kier alpha value is -1.70. The van der Waals surface area contributed by atoms with Gasteiger partial charge >= 0.3 is 5.97 Å². The number of carbonyl (C=O) groups excluding carboxylic acids is 1. The zero-order valence-electron chi connectivity index (χ0n) is 17.3. The van der Waals surface area contributed by atoms with E-state index in [1.165, 1.54) is 13.2 Å². The predicted molar refractivity (Wildman–Crippen MR) is 117 cm³/mol. The van der Waals surface area contributed by atoms with Gasteiger partial charge in [-0.05, 0) is 45.7 Å². The largest absolute Gasteiger partial charge is 0.465 e. The highest BCUT2D eigenvalue weighted by Gasteiger charge is 2.38. The molecule has 1 atom stereocenters. The van der Waals surface area contributed by atoms with Gasteiger partial charge in [-0.15, -0.1) is 0 Å². The number of halogens is 1. The van der Waals surface area contributed by atoms with Gasteiger partial charge < -0.3 is 13.7 Å². The molecule has 0 amide bonds. The summed E-state index contributed by atoms with van der Waals surface area (Å²) >= 11 is 3.28. The van der Waals surface area contributed by atoms with Crippen molar-refractivity contribution in [2.45, 2.75) is 44.9 Å². The quantitative estimate of drug-likeness (QED) is 0.444. The first-order valence-electron chi connectivity index (χ1n) is 9.17. The monoisotopic (exact) mass is 465 g/mol. The molecule has 7 heteroatoms. The van der Waals surface area contributed by atoms with Crippen molar-refractivity contribution in [3.63, 3.8) is 0 Å². The maximum absolute atomic E-state index is 12.9. The summed E-state index contributed by atoms with van der Waals surface area (Å²) in [4.78, 5) is 24.9. The van der Waals surface area contributed by atoms with Crippen LogP contribution in [0.15, 0.2) is 51.9 Å². The van der Waals surface area contributed by atoms with Crippen LogP contribution < -0.4 is 5.56 Å². The van der Waals surface area contributed by atoms with Gasteiger partial charge in [0, 0.05) is 6.20 Å². The van der Waals surface area contributed by atoms with Gasteiger partial charge in [-0.25, -0.2) is 4.79 Å². The minimum Gasteiger partial charge on any atom is -0.465 e. The highest BCUT2D eigenvalue weighted by atomic mass is 79.9. The average Bonchev–Trinajstić information content (AvgIpc) is 2.64. The molecule has 0 spiro atoms. The number of methoxy groups -OCH3 is 1. The minimum atomic E-state index is -2.03. The predicted octanol–water partition coefficient (Wildman–Crippen LogP) is 5.01. The second kappa shape index (κ2) is 8.76. The number of aromatic nitrogens is 1. The van der Waals surface area contributed by atoms with E-state index in [9.17, 15) is 9.59 Å². The molecule has 1 aromatic heterocycles. The van der Waals surface area contributed by atoms with Crippen LogP contribution in [0.5, 0.6) is 0 Å². The molecule has 0 saturated carbocycles. The SMILES string of the molecule is COC(=O)c1cc(Br)c(=O)n([C@@H](CO[Si](C)(C)C(C)(C)C)c2ccccc2)c1. The fourth-order valence-corrected chi connectivity index (χ4v) is 4.00. The summed E-state index contributed by atoms with van der Waals surface area (Å²) in [6.07, 6.45) is 1.55. The lowest BCUT2D eigenvalue weighted by Crippen LogP contribution is -2.43. The van der Waals surface area contributed by atoms with E-state index >= 15 is 0 Å². The van der Waals surface area contributed by atoms with Crippen LogP contribution in [0.4, 0.5) is 0 Å². The van der Waals surface area contributed by atoms with Gasteiger partial charge in [0.2, 0.25) is 0 Å². The molecule has 0 unspecified atom stereocenters. The van der Waals surface area contributed by atoms with Crippen LogP contribution in [0.3, 0.4) is 0 Å². The van der Waals surface area contributed by atoms with E-state index in [0.717, 1.165) is 5.56 Å². The third kappa shape index (κ3) is 5.01. The number of ether oxygens (including phenoxy) is 1. The number of pyridine rings is 1. The average molecular weight is 466 g/mol. The normalized spacial score (nSPS) is 13.2. The maximum Gasteiger partial charge on any atom is 0.339 e. The summed E-state index contributed by atoms with van der Waals surface area (Å²) in [5.41, 5.74) is 1.03. The molecule has 0 N–H and O–H groups in total. The van der Waals surface area contributed by atoms with Crippen molar-refractivity contribution in [2.75, 3.05) is 13.7 Å². The topological polar surface area (TPSA) is 57.5 Å². The number of benzene rings is 1. The molecule has 0 aliphatic carbocycles. The zero-order valence-corrected chi connectivity index (χ0v) is 19.9. The fraction of sp³-hybridized carbons (Fsp3) is 0.429. The van der Waals surface area contributed by atoms with E-state index in [4.69, 9.17) is 9.16 Å². The molecular weight excluding hydrogens is 438 g/mol. The number of rotatable bonds is 6. The minimum absolute atomic E-state index is 0.0493. The molecule has 0 radical (unpaired) electrons. The number of hydrogen-bond acceptors (Lipinski definition) is 4.